The molecule has 0 radical (unpaired) electrons. The van der Waals surface area contributed by atoms with Gasteiger partial charge in [0.2, 0.25) is 0 Å². The number of aromatic nitrogens is 3. The van der Waals surface area contributed by atoms with Crippen molar-refractivity contribution in [2.24, 2.45) is 0 Å². The fourth-order valence-electron chi connectivity index (χ4n) is 2.11. The van der Waals surface area contributed by atoms with E-state index >= 15 is 0 Å². The van der Waals surface area contributed by atoms with Crippen molar-refractivity contribution >= 4 is 33.8 Å². The summed E-state index contributed by atoms with van der Waals surface area (Å²) in [6, 6.07) is 9.21. The Hall–Kier alpha value is -2.80. The molecule has 0 aliphatic rings. The summed E-state index contributed by atoms with van der Waals surface area (Å²) in [5.41, 5.74) is 2.02. The molecule has 7 heteroatoms. The van der Waals surface area contributed by atoms with Crippen molar-refractivity contribution in [2.75, 3.05) is 10.6 Å². The van der Waals surface area contributed by atoms with Gasteiger partial charge in [-0.1, -0.05) is 13.0 Å². The Morgan fingerprint density at radius 2 is 2.08 bits per heavy atom. The van der Waals surface area contributed by atoms with Crippen molar-refractivity contribution in [1.82, 2.24) is 15.0 Å². The average Bonchev–Trinajstić information content (AvgIpc) is 2.99. The quantitative estimate of drug-likeness (QED) is 0.739. The van der Waals surface area contributed by atoms with E-state index in [1.54, 1.807) is 18.5 Å². The number of carbonyl (C=O) groups is 1. The molecule has 2 N–H and O–H groups in total. The lowest BCUT2D eigenvalue weighted by Gasteiger charge is -2.07. The van der Waals surface area contributed by atoms with E-state index in [0.717, 1.165) is 22.8 Å². The van der Waals surface area contributed by atoms with Gasteiger partial charge in [0.1, 0.15) is 10.8 Å². The Morgan fingerprint density at radius 3 is 2.79 bits per heavy atom. The molecule has 0 unspecified atom stereocenters. The largest absolute Gasteiger partial charge is 0.344 e. The smallest absolute Gasteiger partial charge is 0.278 e. The number of rotatable bonds is 5. The predicted octanol–water partition coefficient (Wildman–Crippen LogP) is 3.80. The molecular formula is C17H17N5OS. The van der Waals surface area contributed by atoms with Crippen LogP contribution >= 0.6 is 11.3 Å². The van der Waals surface area contributed by atoms with Crippen molar-refractivity contribution in [1.29, 1.82) is 0 Å². The highest BCUT2D eigenvalue weighted by molar-refractivity contribution is 7.16. The molecule has 0 aromatic carbocycles. The first-order chi connectivity index (χ1) is 11.7. The van der Waals surface area contributed by atoms with Crippen LogP contribution in [0.1, 0.15) is 28.1 Å². The van der Waals surface area contributed by atoms with Gasteiger partial charge < -0.3 is 10.6 Å². The summed E-state index contributed by atoms with van der Waals surface area (Å²) in [6.07, 6.45) is 4.17. The summed E-state index contributed by atoms with van der Waals surface area (Å²) in [4.78, 5) is 25.4. The molecule has 0 spiro atoms. The molecular weight excluding hydrogens is 322 g/mol. The number of hydrogen-bond acceptors (Lipinski definition) is 6. The highest BCUT2D eigenvalue weighted by atomic mass is 32.1. The van der Waals surface area contributed by atoms with Gasteiger partial charge in [0, 0.05) is 11.9 Å². The lowest BCUT2D eigenvalue weighted by molar-refractivity contribution is 0.102. The van der Waals surface area contributed by atoms with Gasteiger partial charge in [0.15, 0.2) is 5.69 Å². The van der Waals surface area contributed by atoms with Crippen LogP contribution in [0.5, 0.6) is 0 Å². The first-order valence-corrected chi connectivity index (χ1v) is 8.39. The molecule has 0 fully saturated rings. The van der Waals surface area contributed by atoms with Gasteiger partial charge in [-0.2, -0.15) is 0 Å². The first kappa shape index (κ1) is 16.1. The van der Waals surface area contributed by atoms with E-state index in [-0.39, 0.29) is 5.91 Å². The molecule has 3 rings (SSSR count). The third-order valence-corrected chi connectivity index (χ3v) is 4.35. The number of thiazole rings is 1. The van der Waals surface area contributed by atoms with Crippen LogP contribution in [0, 0.1) is 6.92 Å². The van der Waals surface area contributed by atoms with E-state index in [4.69, 9.17) is 0 Å². The summed E-state index contributed by atoms with van der Waals surface area (Å²) in [5, 5.41) is 7.61. The maximum atomic E-state index is 12.6. The van der Waals surface area contributed by atoms with Crippen LogP contribution in [0.4, 0.5) is 16.5 Å². The van der Waals surface area contributed by atoms with Crippen LogP contribution < -0.4 is 10.6 Å². The summed E-state index contributed by atoms with van der Waals surface area (Å²) >= 11 is 1.47. The molecule has 0 bridgehead atoms. The van der Waals surface area contributed by atoms with E-state index < -0.39 is 0 Å². The number of pyridine rings is 2. The monoisotopic (exact) mass is 339 g/mol. The van der Waals surface area contributed by atoms with Gasteiger partial charge in [0.25, 0.3) is 5.91 Å². The lowest BCUT2D eigenvalue weighted by Crippen LogP contribution is -2.15. The minimum atomic E-state index is -0.282. The molecule has 3 heterocycles. The SMILES string of the molecule is CCc1nc(C(=O)Nc2cccc(C)n2)c(Nc2cccnc2)s1. The Kier molecular flexibility index (Phi) is 4.81. The first-order valence-electron chi connectivity index (χ1n) is 7.57. The average molecular weight is 339 g/mol. The third kappa shape index (κ3) is 3.75. The molecule has 0 saturated heterocycles. The topological polar surface area (TPSA) is 79.8 Å². The number of carbonyl (C=O) groups excluding carboxylic acids is 1. The maximum Gasteiger partial charge on any atom is 0.278 e. The molecule has 122 valence electrons. The minimum Gasteiger partial charge on any atom is -0.344 e. The van der Waals surface area contributed by atoms with E-state index in [2.05, 4.69) is 25.6 Å². The molecule has 24 heavy (non-hydrogen) atoms. The van der Waals surface area contributed by atoms with Gasteiger partial charge in [-0.15, -0.1) is 11.3 Å². The summed E-state index contributed by atoms with van der Waals surface area (Å²) in [5.74, 6) is 0.230. The second kappa shape index (κ2) is 7.18. The zero-order chi connectivity index (χ0) is 16.9. The van der Waals surface area contributed by atoms with Gasteiger partial charge in [-0.3, -0.25) is 9.78 Å². The lowest BCUT2D eigenvalue weighted by atomic mass is 10.3. The van der Waals surface area contributed by atoms with Gasteiger partial charge in [0.05, 0.1) is 16.9 Å². The molecule has 0 atom stereocenters. The van der Waals surface area contributed by atoms with Crippen molar-refractivity contribution < 1.29 is 4.79 Å². The van der Waals surface area contributed by atoms with E-state index in [0.29, 0.717) is 16.5 Å². The summed E-state index contributed by atoms with van der Waals surface area (Å²) < 4.78 is 0. The van der Waals surface area contributed by atoms with Crippen molar-refractivity contribution in [3.63, 3.8) is 0 Å². The van der Waals surface area contributed by atoms with E-state index in [1.807, 2.05) is 38.1 Å². The highest BCUT2D eigenvalue weighted by Crippen LogP contribution is 2.28. The van der Waals surface area contributed by atoms with Crippen LogP contribution in [0.15, 0.2) is 42.7 Å². The zero-order valence-electron chi connectivity index (χ0n) is 13.4. The number of nitrogens with zero attached hydrogens (tertiary/aromatic N) is 3. The summed E-state index contributed by atoms with van der Waals surface area (Å²) in [6.45, 7) is 3.89. The zero-order valence-corrected chi connectivity index (χ0v) is 14.2. The Balaban J connectivity index is 1.86. The third-order valence-electron chi connectivity index (χ3n) is 3.24. The van der Waals surface area contributed by atoms with Crippen molar-refractivity contribution in [2.45, 2.75) is 20.3 Å². The normalized spacial score (nSPS) is 10.4. The van der Waals surface area contributed by atoms with Crippen LogP contribution in [0.2, 0.25) is 0 Å². The fourth-order valence-corrected chi connectivity index (χ4v) is 3.03. The second-order valence-corrected chi connectivity index (χ2v) is 6.21. The number of amides is 1. The number of hydrogen-bond donors (Lipinski definition) is 2. The Labute approximate surface area is 144 Å². The molecule has 1 amide bonds. The van der Waals surface area contributed by atoms with Crippen LogP contribution in [-0.2, 0) is 6.42 Å². The fraction of sp³-hybridized carbons (Fsp3) is 0.176. The van der Waals surface area contributed by atoms with Crippen LogP contribution in [-0.4, -0.2) is 20.9 Å². The molecule has 0 saturated carbocycles. The highest BCUT2D eigenvalue weighted by Gasteiger charge is 2.18. The predicted molar refractivity (Wildman–Crippen MR) is 95.9 cm³/mol. The Morgan fingerprint density at radius 1 is 1.21 bits per heavy atom. The molecule has 3 aromatic heterocycles. The van der Waals surface area contributed by atoms with Crippen LogP contribution in [0.25, 0.3) is 0 Å². The van der Waals surface area contributed by atoms with Crippen molar-refractivity contribution in [3.8, 4) is 0 Å². The number of nitrogens with one attached hydrogen (secondary N) is 2. The Bertz CT molecular complexity index is 847. The van der Waals surface area contributed by atoms with Crippen LogP contribution in [0.3, 0.4) is 0 Å². The van der Waals surface area contributed by atoms with Gasteiger partial charge in [-0.05, 0) is 37.6 Å². The molecule has 3 aromatic rings. The second-order valence-electron chi connectivity index (χ2n) is 5.12. The maximum absolute atomic E-state index is 12.6. The molecule has 0 aliphatic heterocycles. The van der Waals surface area contributed by atoms with Gasteiger partial charge in [-0.25, -0.2) is 9.97 Å². The van der Waals surface area contributed by atoms with Crippen molar-refractivity contribution in [3.05, 3.63) is 59.1 Å². The standard InChI is InChI=1S/C17H17N5OS/c1-3-14-22-15(16(23)21-13-8-4-6-11(2)19-13)17(24-14)20-12-7-5-9-18-10-12/h4-10,20H,3H2,1-2H3,(H,19,21,23). The molecule has 0 aliphatic carbocycles. The van der Waals surface area contributed by atoms with Gasteiger partial charge >= 0.3 is 0 Å². The number of aryl methyl sites for hydroxylation is 2. The minimum absolute atomic E-state index is 0.282. The van der Waals surface area contributed by atoms with E-state index in [1.165, 1.54) is 11.3 Å². The summed E-state index contributed by atoms with van der Waals surface area (Å²) in [7, 11) is 0. The van der Waals surface area contributed by atoms with E-state index in [9.17, 15) is 4.79 Å². The number of anilines is 3. The molecule has 6 nitrogen and oxygen atoms in total.